The molecule has 7 aromatic carbocycles. The van der Waals surface area contributed by atoms with Crippen molar-refractivity contribution in [3.63, 3.8) is 0 Å². The number of aryl methyl sites for hydroxylation is 3. The third-order valence-electron chi connectivity index (χ3n) is 23.8. The monoisotopic (exact) mass is 1530 g/mol. The fraction of sp³-hybridized carbons (Fsp3) is 0.373. The van der Waals surface area contributed by atoms with Gasteiger partial charge in [0, 0.05) is 126 Å². The van der Waals surface area contributed by atoms with Crippen LogP contribution in [0, 0.1) is 207 Å². The highest BCUT2D eigenvalue weighted by atomic mass is 35.5. The first-order chi connectivity index (χ1) is 54.6. The molecule has 0 aromatic heterocycles. The number of ketones is 7. The number of nitrogens with zero attached hydrogens (tertiary/aromatic N) is 2. The number of halogens is 1. The van der Waals surface area contributed by atoms with Crippen LogP contribution >= 0.6 is 11.6 Å². The molecule has 12 heteroatoms. The number of carbonyl (C=O) groups excluding carboxylic acids is 7. The van der Waals surface area contributed by atoms with Crippen LogP contribution in [0.25, 0.3) is 4.85 Å². The third-order valence-corrected chi connectivity index (χ3v) is 24.1. The quantitative estimate of drug-likeness (QED) is 0.0420. The Bertz CT molecular complexity index is 4990. The summed E-state index contributed by atoms with van der Waals surface area (Å²) in [5.74, 6) is 21.3. The number of nitro groups is 1. The van der Waals surface area contributed by atoms with E-state index in [2.05, 4.69) is 98.2 Å². The topological polar surface area (TPSA) is 167 Å². The molecule has 0 aliphatic heterocycles. The van der Waals surface area contributed by atoms with Crippen molar-refractivity contribution in [1.82, 2.24) is 0 Å². The maximum Gasteiger partial charge on any atom is 0.280 e. The van der Waals surface area contributed by atoms with Crippen molar-refractivity contribution in [3.8, 4) is 86.4 Å². The van der Waals surface area contributed by atoms with Crippen LogP contribution in [0.1, 0.15) is 222 Å². The third kappa shape index (κ3) is 20.2. The highest BCUT2D eigenvalue weighted by Gasteiger charge is 2.42. The van der Waals surface area contributed by atoms with Gasteiger partial charge >= 0.3 is 0 Å². The molecule has 14 rings (SSSR count). The lowest BCUT2D eigenvalue weighted by Crippen LogP contribution is -2.18. The number of hydrogen-bond acceptors (Lipinski definition) is 9. The first kappa shape index (κ1) is 87.9. The lowest BCUT2D eigenvalue weighted by molar-refractivity contribution is -0.385. The molecule has 0 heterocycles. The Hall–Kier alpha value is -11.7. The zero-order valence-corrected chi connectivity index (χ0v) is 67.9. The van der Waals surface area contributed by atoms with Crippen molar-refractivity contribution in [2.75, 3.05) is 0 Å². The lowest BCUT2D eigenvalue weighted by Gasteiger charge is -2.14. The van der Waals surface area contributed by atoms with Crippen LogP contribution in [0.3, 0.4) is 0 Å². The molecule has 7 aromatic rings. The summed E-state index contributed by atoms with van der Waals surface area (Å²) >= 11 is 6.05. The Balaban J connectivity index is 0.000000167. The van der Waals surface area contributed by atoms with Crippen LogP contribution < -0.4 is 0 Å². The number of benzene rings is 7. The highest BCUT2D eigenvalue weighted by Crippen LogP contribution is 2.43. The maximum atomic E-state index is 12.3. The molecule has 0 N–H and O–H groups in total. The largest absolute Gasteiger partial charge is 0.295 e. The predicted octanol–water partition coefficient (Wildman–Crippen LogP) is 20.9. The minimum Gasteiger partial charge on any atom is -0.295 e. The molecule has 0 saturated heterocycles. The van der Waals surface area contributed by atoms with E-state index in [0.717, 1.165) is 94.2 Å². The molecule has 0 spiro atoms. The summed E-state index contributed by atoms with van der Waals surface area (Å²) in [4.78, 5) is 99.4. The van der Waals surface area contributed by atoms with Gasteiger partial charge in [-0.15, -0.1) is 86.4 Å². The normalized spacial score (nSPS) is 20.0. The van der Waals surface area contributed by atoms with Crippen LogP contribution in [0.5, 0.6) is 0 Å². The molecular weight excluding hydrogens is 1430 g/mol. The maximum absolute atomic E-state index is 12.3. The van der Waals surface area contributed by atoms with Crippen molar-refractivity contribution in [3.05, 3.63) is 255 Å². The Morgan fingerprint density at radius 2 is 0.658 bits per heavy atom. The van der Waals surface area contributed by atoms with Gasteiger partial charge in [-0.25, -0.2) is 4.85 Å². The molecule has 0 bridgehead atoms. The second-order valence-corrected chi connectivity index (χ2v) is 32.1. The smallest absolute Gasteiger partial charge is 0.280 e. The van der Waals surface area contributed by atoms with E-state index in [4.69, 9.17) is 63.1 Å². The van der Waals surface area contributed by atoms with Crippen molar-refractivity contribution < 1.29 is 38.5 Å². The van der Waals surface area contributed by atoms with Crippen LogP contribution in [-0.2, 0) is 44.9 Å². The number of fused-ring (bicyclic) bond motifs is 7. The van der Waals surface area contributed by atoms with E-state index >= 15 is 0 Å². The molecule has 11 nitrogen and oxygen atoms in total. The molecule has 14 atom stereocenters. The van der Waals surface area contributed by atoms with Crippen molar-refractivity contribution in [2.45, 2.75) is 159 Å². The van der Waals surface area contributed by atoms with Crippen LogP contribution in [-0.4, -0.2) is 45.4 Å². The summed E-state index contributed by atoms with van der Waals surface area (Å²) in [5.41, 5.74) is 16.6. The van der Waals surface area contributed by atoms with E-state index < -0.39 is 4.92 Å². The number of carbonyl (C=O) groups is 7. The molecule has 0 saturated carbocycles. The van der Waals surface area contributed by atoms with Gasteiger partial charge in [-0.3, -0.25) is 43.7 Å². The number of rotatable bonds is 15. The molecule has 0 amide bonds. The fourth-order valence-corrected chi connectivity index (χ4v) is 17.3. The number of Topliss-reactive ketones (excluding diaryl/α,β-unsaturated/α-hetero) is 7. The van der Waals surface area contributed by atoms with E-state index in [1.807, 2.05) is 120 Å². The second kappa shape index (κ2) is 40.7. The molecule has 0 radical (unpaired) electrons. The standard InChI is InChI=1S/C15H13NO.3C15H16O.C14H13ClO.C14H13NO3.C14H14O/c1-4-6-10(2)12-9-11-7-5-8-13(16-3)14(11)15(12)17;2*1-4-6-10(2)13-9-12-8-5-7-11(3)14(12)15(13)16;1-4-5-11(3)13-9-12-7-6-10(2)8-14(12)15(13)16;1-3-5-9(2)11-8-10-6-4-7-12(15)13(10)14(11)16;1-3-5-9(2)11-8-10-6-4-7-12(15(17)18)13(10)14(11)16;1-3-6-10(2)13-9-11-7-4-5-8-12(11)14(13)15/h1,5,7-8,10,12H,6,9H2,2H3;2*1,5,7-8,10,13H,6,9H2,2-3H3;1,6-8,11,13H,5,9H2,2-3H3;1,4,6-7,9,11H,5,8H2,2H3;1,4,6-7,9,11H,5,8H2,2H3;1,4-5,7-8,10,13H,6,9H2,2H3. The zero-order valence-electron chi connectivity index (χ0n) is 67.2. The first-order valence-corrected chi connectivity index (χ1v) is 39.6. The van der Waals surface area contributed by atoms with Gasteiger partial charge in [0.1, 0.15) is 0 Å². The Morgan fingerprint density at radius 1 is 0.368 bits per heavy atom. The summed E-state index contributed by atoms with van der Waals surface area (Å²) in [6.45, 7) is 27.4. The minimum absolute atomic E-state index is 0.00551. The van der Waals surface area contributed by atoms with Gasteiger partial charge in [0.05, 0.1) is 22.1 Å². The summed E-state index contributed by atoms with van der Waals surface area (Å²) in [6, 6.07) is 42.1. The van der Waals surface area contributed by atoms with E-state index in [-0.39, 0.29) is 135 Å². The molecule has 7 aliphatic rings. The number of nitro benzene ring substituents is 1. The Morgan fingerprint density at radius 3 is 1.03 bits per heavy atom. The zero-order chi connectivity index (χ0) is 83.4. The average Bonchev–Trinajstić information content (AvgIpc) is 1.64. The molecule has 7 aliphatic carbocycles. The Kier molecular flexibility index (Phi) is 31.4. The van der Waals surface area contributed by atoms with Gasteiger partial charge in [0.15, 0.2) is 46.2 Å². The summed E-state index contributed by atoms with van der Waals surface area (Å²) < 4.78 is 0. The van der Waals surface area contributed by atoms with E-state index in [9.17, 15) is 43.7 Å². The van der Waals surface area contributed by atoms with Crippen molar-refractivity contribution >= 4 is 63.5 Å². The van der Waals surface area contributed by atoms with Crippen molar-refractivity contribution in [1.29, 1.82) is 0 Å². The Labute approximate surface area is 680 Å². The van der Waals surface area contributed by atoms with Gasteiger partial charge in [-0.1, -0.05) is 181 Å². The van der Waals surface area contributed by atoms with Gasteiger partial charge in [-0.05, 0) is 169 Å². The van der Waals surface area contributed by atoms with Gasteiger partial charge < -0.3 is 0 Å². The van der Waals surface area contributed by atoms with E-state index in [1.165, 1.54) is 28.3 Å². The van der Waals surface area contributed by atoms with Gasteiger partial charge in [0.25, 0.3) is 5.69 Å². The first-order valence-electron chi connectivity index (χ1n) is 39.3. The molecule has 14 unspecified atom stereocenters. The van der Waals surface area contributed by atoms with E-state index in [0.29, 0.717) is 73.2 Å². The summed E-state index contributed by atoms with van der Waals surface area (Å²) in [6.07, 6.45) is 47.1. The number of hydrogen-bond donors (Lipinski definition) is 0. The molecule has 114 heavy (non-hydrogen) atoms. The fourth-order valence-electron chi connectivity index (χ4n) is 17.0. The predicted molar refractivity (Wildman–Crippen MR) is 456 cm³/mol. The minimum atomic E-state index is -0.495. The number of terminal acetylenes is 7. The van der Waals surface area contributed by atoms with Gasteiger partial charge in [-0.2, -0.15) is 0 Å². The molecule has 0 fully saturated rings. The SMILES string of the molecule is C#CCC(C)C1Cc2ccc(C)cc2C1=O.C#CCC(C)C1Cc2cccc(C)c2C1=O.C#CCC(C)C1Cc2cccc(C)c2C1=O.C#CCC(C)C1Cc2cccc(Cl)c2C1=O.C#CCC(C)C1Cc2cccc([N+](=O)[O-])c2C1=O.C#CCC(C)C1Cc2ccccc2C1=O.[C-]#[N+]c1cccc2c1C(=O)C(C(C)CC#C)C2. The average molecular weight is 1530 g/mol. The van der Waals surface area contributed by atoms with E-state index in [1.54, 1.807) is 24.3 Å². The van der Waals surface area contributed by atoms with Crippen molar-refractivity contribution in [2.24, 2.45) is 82.9 Å². The lowest BCUT2D eigenvalue weighted by atomic mass is 9.88. The molecular formula is C102H101ClN2O9. The second-order valence-electron chi connectivity index (χ2n) is 31.7. The van der Waals surface area contributed by atoms with Crippen LogP contribution in [0.2, 0.25) is 5.02 Å². The van der Waals surface area contributed by atoms with Crippen LogP contribution in [0.15, 0.2) is 133 Å². The van der Waals surface area contributed by atoms with Crippen LogP contribution in [0.4, 0.5) is 11.4 Å². The summed E-state index contributed by atoms with van der Waals surface area (Å²) in [7, 11) is 0. The highest BCUT2D eigenvalue weighted by molar-refractivity contribution is 6.34. The summed E-state index contributed by atoms with van der Waals surface area (Å²) in [5, 5.41) is 11.5. The van der Waals surface area contributed by atoms with Gasteiger partial charge in [0.2, 0.25) is 0 Å². The molecule has 580 valence electrons.